The Morgan fingerprint density at radius 2 is 2.33 bits per heavy atom. The molecule has 12 heavy (non-hydrogen) atoms. The normalized spacial score (nSPS) is 10.5. The lowest BCUT2D eigenvalue weighted by molar-refractivity contribution is 0.299. The van der Waals surface area contributed by atoms with Crippen LogP contribution in [0.1, 0.15) is 0 Å². The van der Waals surface area contributed by atoms with Crippen LogP contribution in [0.15, 0.2) is 27.1 Å². The molecule has 3 nitrogen and oxygen atoms in total. The van der Waals surface area contributed by atoms with E-state index in [4.69, 9.17) is 9.15 Å². The van der Waals surface area contributed by atoms with Gasteiger partial charge in [0.15, 0.2) is 5.58 Å². The van der Waals surface area contributed by atoms with Gasteiger partial charge in [-0.15, -0.1) is 0 Å². The van der Waals surface area contributed by atoms with Gasteiger partial charge in [-0.05, 0) is 18.2 Å². The quantitative estimate of drug-likeness (QED) is 0.752. The van der Waals surface area contributed by atoms with Gasteiger partial charge in [0.1, 0.15) is 5.52 Å². The van der Waals surface area contributed by atoms with Crippen molar-refractivity contribution in [2.45, 2.75) is 0 Å². The first-order chi connectivity index (χ1) is 5.79. The number of hydrogen-bond acceptors (Lipinski definition) is 3. The van der Waals surface area contributed by atoms with Gasteiger partial charge in [-0.2, -0.15) is 4.98 Å². The van der Waals surface area contributed by atoms with Gasteiger partial charge in [0, 0.05) is 4.47 Å². The minimum absolute atomic E-state index is 0.295. The third-order valence-electron chi connectivity index (χ3n) is 1.50. The first-order valence-corrected chi connectivity index (χ1v) is 4.19. The summed E-state index contributed by atoms with van der Waals surface area (Å²) in [6, 6.07) is 5.61. The summed E-state index contributed by atoms with van der Waals surface area (Å²) in [5.41, 5.74) is 1.52. The van der Waals surface area contributed by atoms with Crippen LogP contribution >= 0.6 is 15.9 Å². The minimum atomic E-state index is 0.295. The van der Waals surface area contributed by atoms with E-state index in [0.717, 1.165) is 15.6 Å². The Morgan fingerprint density at radius 3 is 3.08 bits per heavy atom. The molecule has 0 radical (unpaired) electrons. The number of halogens is 1. The van der Waals surface area contributed by atoms with Crippen LogP contribution in [0.2, 0.25) is 0 Å². The van der Waals surface area contributed by atoms with Crippen molar-refractivity contribution in [2.24, 2.45) is 0 Å². The fourth-order valence-corrected chi connectivity index (χ4v) is 1.32. The summed E-state index contributed by atoms with van der Waals surface area (Å²) in [5, 5.41) is 0. The Morgan fingerprint density at radius 1 is 1.50 bits per heavy atom. The Hall–Kier alpha value is -1.03. The SMILES string of the molecule is COc1nc2cc(Br)ccc2o1. The van der Waals surface area contributed by atoms with Crippen molar-refractivity contribution in [3.8, 4) is 6.08 Å². The summed E-state index contributed by atoms with van der Waals surface area (Å²) in [6.07, 6.45) is 0.295. The van der Waals surface area contributed by atoms with E-state index in [1.165, 1.54) is 7.11 Å². The summed E-state index contributed by atoms with van der Waals surface area (Å²) in [4.78, 5) is 4.07. The smallest absolute Gasteiger partial charge is 0.394 e. The zero-order chi connectivity index (χ0) is 8.55. The van der Waals surface area contributed by atoms with E-state index in [-0.39, 0.29) is 0 Å². The second kappa shape index (κ2) is 2.79. The van der Waals surface area contributed by atoms with E-state index in [1.807, 2.05) is 18.2 Å². The topological polar surface area (TPSA) is 35.3 Å². The summed E-state index contributed by atoms with van der Waals surface area (Å²) < 4.78 is 11.0. The van der Waals surface area contributed by atoms with Crippen molar-refractivity contribution >= 4 is 27.0 Å². The summed E-state index contributed by atoms with van der Waals surface area (Å²) in [7, 11) is 1.53. The number of nitrogens with zero attached hydrogens (tertiary/aromatic N) is 1. The Kier molecular flexibility index (Phi) is 1.77. The van der Waals surface area contributed by atoms with Crippen LogP contribution in [0.4, 0.5) is 0 Å². The molecule has 0 aliphatic carbocycles. The van der Waals surface area contributed by atoms with Crippen LogP contribution in [0.3, 0.4) is 0 Å². The molecule has 4 heteroatoms. The van der Waals surface area contributed by atoms with E-state index in [2.05, 4.69) is 20.9 Å². The lowest BCUT2D eigenvalue weighted by Crippen LogP contribution is -1.79. The largest absolute Gasteiger partial charge is 0.453 e. The van der Waals surface area contributed by atoms with Crippen molar-refractivity contribution in [3.05, 3.63) is 22.7 Å². The highest BCUT2D eigenvalue weighted by Gasteiger charge is 2.04. The molecule has 1 aromatic heterocycles. The molecule has 0 bridgehead atoms. The third-order valence-corrected chi connectivity index (χ3v) is 2.00. The molecule has 0 spiro atoms. The number of benzene rings is 1. The molecule has 0 saturated carbocycles. The molecule has 2 rings (SSSR count). The molecule has 0 atom stereocenters. The van der Waals surface area contributed by atoms with Gasteiger partial charge in [0.05, 0.1) is 7.11 Å². The van der Waals surface area contributed by atoms with Gasteiger partial charge in [0.2, 0.25) is 0 Å². The predicted molar refractivity (Wildman–Crippen MR) is 48.3 cm³/mol. The molecule has 1 heterocycles. The fraction of sp³-hybridized carbons (Fsp3) is 0.125. The van der Waals surface area contributed by atoms with Crippen molar-refractivity contribution in [1.82, 2.24) is 4.98 Å². The fourth-order valence-electron chi connectivity index (χ4n) is 0.967. The Labute approximate surface area is 77.5 Å². The van der Waals surface area contributed by atoms with E-state index < -0.39 is 0 Å². The van der Waals surface area contributed by atoms with Gasteiger partial charge in [-0.3, -0.25) is 0 Å². The van der Waals surface area contributed by atoms with Gasteiger partial charge < -0.3 is 9.15 Å². The molecule has 0 amide bonds. The molecule has 0 fully saturated rings. The number of fused-ring (bicyclic) bond motifs is 1. The van der Waals surface area contributed by atoms with Gasteiger partial charge in [-0.1, -0.05) is 15.9 Å². The lowest BCUT2D eigenvalue weighted by atomic mass is 10.3. The molecule has 1 aromatic carbocycles. The van der Waals surface area contributed by atoms with Crippen LogP contribution in [-0.2, 0) is 0 Å². The van der Waals surface area contributed by atoms with E-state index in [0.29, 0.717) is 6.08 Å². The van der Waals surface area contributed by atoms with E-state index in [9.17, 15) is 0 Å². The van der Waals surface area contributed by atoms with Gasteiger partial charge >= 0.3 is 6.08 Å². The summed E-state index contributed by atoms with van der Waals surface area (Å²) >= 11 is 3.34. The molecule has 0 saturated heterocycles. The van der Waals surface area contributed by atoms with Crippen molar-refractivity contribution in [1.29, 1.82) is 0 Å². The number of hydrogen-bond donors (Lipinski definition) is 0. The molecular weight excluding hydrogens is 222 g/mol. The first kappa shape index (κ1) is 7.61. The maximum Gasteiger partial charge on any atom is 0.394 e. The highest BCUT2D eigenvalue weighted by atomic mass is 79.9. The average Bonchev–Trinajstić information content (AvgIpc) is 2.46. The maximum atomic E-state index is 5.22. The standard InChI is InChI=1S/C8H6BrNO2/c1-11-8-10-6-4-5(9)2-3-7(6)12-8/h2-4H,1H3. The summed E-state index contributed by atoms with van der Waals surface area (Å²) in [5.74, 6) is 0. The monoisotopic (exact) mass is 227 g/mol. The van der Waals surface area contributed by atoms with Crippen LogP contribution < -0.4 is 4.74 Å². The van der Waals surface area contributed by atoms with Gasteiger partial charge in [0.25, 0.3) is 0 Å². The lowest BCUT2D eigenvalue weighted by Gasteiger charge is -1.85. The van der Waals surface area contributed by atoms with Crippen molar-refractivity contribution < 1.29 is 9.15 Å². The molecule has 2 aromatic rings. The molecule has 0 aliphatic heterocycles. The maximum absolute atomic E-state index is 5.22. The predicted octanol–water partition coefficient (Wildman–Crippen LogP) is 2.60. The molecule has 62 valence electrons. The Balaban J connectivity index is 2.67. The van der Waals surface area contributed by atoms with Crippen molar-refractivity contribution in [2.75, 3.05) is 7.11 Å². The van der Waals surface area contributed by atoms with Crippen LogP contribution in [0.25, 0.3) is 11.1 Å². The second-order valence-electron chi connectivity index (χ2n) is 2.30. The number of rotatable bonds is 1. The minimum Gasteiger partial charge on any atom is -0.453 e. The zero-order valence-electron chi connectivity index (χ0n) is 6.37. The van der Waals surface area contributed by atoms with E-state index in [1.54, 1.807) is 0 Å². The number of ether oxygens (including phenoxy) is 1. The highest BCUT2D eigenvalue weighted by molar-refractivity contribution is 9.10. The average molecular weight is 228 g/mol. The van der Waals surface area contributed by atoms with E-state index >= 15 is 0 Å². The molecular formula is C8H6BrNO2. The zero-order valence-corrected chi connectivity index (χ0v) is 7.96. The number of methoxy groups -OCH3 is 1. The summed E-state index contributed by atoms with van der Waals surface area (Å²) in [6.45, 7) is 0. The first-order valence-electron chi connectivity index (χ1n) is 3.39. The van der Waals surface area contributed by atoms with Crippen molar-refractivity contribution in [3.63, 3.8) is 0 Å². The van der Waals surface area contributed by atoms with Crippen LogP contribution in [0.5, 0.6) is 6.08 Å². The number of aromatic nitrogens is 1. The Bertz CT molecular complexity index is 410. The third kappa shape index (κ3) is 1.18. The van der Waals surface area contributed by atoms with Crippen LogP contribution in [0, 0.1) is 0 Å². The molecule has 0 unspecified atom stereocenters. The second-order valence-corrected chi connectivity index (χ2v) is 3.21. The van der Waals surface area contributed by atoms with Gasteiger partial charge in [-0.25, -0.2) is 0 Å². The molecule has 0 aliphatic rings. The molecule has 0 N–H and O–H groups in total. The van der Waals surface area contributed by atoms with Crippen LogP contribution in [-0.4, -0.2) is 12.1 Å². The highest BCUT2D eigenvalue weighted by Crippen LogP contribution is 2.23. The number of oxazole rings is 1.